The van der Waals surface area contributed by atoms with E-state index in [1.807, 2.05) is 11.8 Å². The lowest BCUT2D eigenvalue weighted by Crippen LogP contribution is -2.00. The van der Waals surface area contributed by atoms with Crippen molar-refractivity contribution in [1.29, 1.82) is 0 Å². The van der Waals surface area contributed by atoms with Crippen molar-refractivity contribution in [2.75, 3.05) is 5.75 Å². The molecule has 0 saturated carbocycles. The van der Waals surface area contributed by atoms with Gasteiger partial charge in [0, 0.05) is 10.6 Å². The summed E-state index contributed by atoms with van der Waals surface area (Å²) < 4.78 is 0. The Balaban J connectivity index is 2.41. The van der Waals surface area contributed by atoms with Gasteiger partial charge in [0.05, 0.1) is 0 Å². The minimum Gasteiger partial charge on any atom is -0.121 e. The third-order valence-electron chi connectivity index (χ3n) is 1.84. The van der Waals surface area contributed by atoms with Crippen molar-refractivity contribution < 1.29 is 0 Å². The van der Waals surface area contributed by atoms with E-state index < -0.39 is 0 Å². The molecule has 0 bridgehead atoms. The van der Waals surface area contributed by atoms with Crippen molar-refractivity contribution in [3.05, 3.63) is 42.0 Å². The van der Waals surface area contributed by atoms with E-state index in [-0.39, 0.29) is 0 Å². The minimum absolute atomic E-state index is 1.07. The highest BCUT2D eigenvalue weighted by Gasteiger charge is 2.09. The van der Waals surface area contributed by atoms with Crippen molar-refractivity contribution in [3.63, 3.8) is 0 Å². The molecule has 0 nitrogen and oxygen atoms in total. The first-order chi connectivity index (χ1) is 5.36. The fourth-order valence-corrected chi connectivity index (χ4v) is 2.25. The van der Waals surface area contributed by atoms with Gasteiger partial charge in [-0.2, -0.15) is 0 Å². The Bertz CT molecular complexity index is 289. The standard InChI is InChI=1S/C10H10S/c1-8-6-9-4-2-3-5-10(9)11-7-8/h2-5H,1,6-7H2. The van der Waals surface area contributed by atoms with E-state index >= 15 is 0 Å². The maximum Gasteiger partial charge on any atom is 0.0191 e. The summed E-state index contributed by atoms with van der Waals surface area (Å²) in [6, 6.07) is 8.57. The Kier molecular flexibility index (Phi) is 1.74. The van der Waals surface area contributed by atoms with Crippen LogP contribution >= 0.6 is 11.8 Å². The molecule has 1 aliphatic rings. The number of hydrogen-bond donors (Lipinski definition) is 0. The summed E-state index contributed by atoms with van der Waals surface area (Å²) in [7, 11) is 0. The van der Waals surface area contributed by atoms with Crippen molar-refractivity contribution in [3.8, 4) is 0 Å². The zero-order valence-electron chi connectivity index (χ0n) is 6.34. The maximum absolute atomic E-state index is 3.99. The van der Waals surface area contributed by atoms with Crippen LogP contribution in [0.2, 0.25) is 0 Å². The second-order valence-electron chi connectivity index (χ2n) is 2.82. The molecular formula is C10H10S. The summed E-state index contributed by atoms with van der Waals surface area (Å²) >= 11 is 1.90. The molecule has 0 radical (unpaired) electrons. The van der Waals surface area contributed by atoms with Gasteiger partial charge in [-0.05, 0) is 18.1 Å². The third kappa shape index (κ3) is 1.33. The van der Waals surface area contributed by atoms with Gasteiger partial charge in [-0.25, -0.2) is 0 Å². The minimum atomic E-state index is 1.07. The molecule has 56 valence electrons. The molecule has 0 atom stereocenters. The SMILES string of the molecule is C=C1CSc2ccccc2C1. The van der Waals surface area contributed by atoms with Gasteiger partial charge < -0.3 is 0 Å². The van der Waals surface area contributed by atoms with E-state index in [0.29, 0.717) is 0 Å². The summed E-state index contributed by atoms with van der Waals surface area (Å²) in [5.41, 5.74) is 2.78. The Labute approximate surface area is 71.3 Å². The van der Waals surface area contributed by atoms with Gasteiger partial charge in [-0.15, -0.1) is 11.8 Å². The summed E-state index contributed by atoms with van der Waals surface area (Å²) in [6.45, 7) is 3.99. The smallest absolute Gasteiger partial charge is 0.0191 e. The second kappa shape index (κ2) is 2.74. The lowest BCUT2D eigenvalue weighted by molar-refractivity contribution is 1.08. The predicted molar refractivity (Wildman–Crippen MR) is 50.0 cm³/mol. The molecule has 0 spiro atoms. The molecule has 1 aliphatic heterocycles. The van der Waals surface area contributed by atoms with Crippen LogP contribution in [0.1, 0.15) is 5.56 Å². The molecule has 0 aliphatic carbocycles. The summed E-state index contributed by atoms with van der Waals surface area (Å²) in [5.74, 6) is 1.09. The van der Waals surface area contributed by atoms with Gasteiger partial charge >= 0.3 is 0 Å². The Hall–Kier alpha value is -0.690. The van der Waals surface area contributed by atoms with Gasteiger partial charge in [0.1, 0.15) is 0 Å². The van der Waals surface area contributed by atoms with Crippen LogP contribution in [0.3, 0.4) is 0 Å². The molecule has 1 heterocycles. The van der Waals surface area contributed by atoms with Crippen LogP contribution in [0.25, 0.3) is 0 Å². The molecule has 1 heteroatoms. The maximum atomic E-state index is 3.99. The highest BCUT2D eigenvalue weighted by molar-refractivity contribution is 7.99. The molecule has 0 aromatic heterocycles. The normalized spacial score (nSPS) is 16.2. The average Bonchev–Trinajstić information content (AvgIpc) is 2.04. The number of benzene rings is 1. The topological polar surface area (TPSA) is 0 Å². The van der Waals surface area contributed by atoms with Crippen molar-refractivity contribution in [2.24, 2.45) is 0 Å². The average molecular weight is 162 g/mol. The van der Waals surface area contributed by atoms with Crippen LogP contribution in [-0.4, -0.2) is 5.75 Å². The van der Waals surface area contributed by atoms with Crippen LogP contribution in [0.4, 0.5) is 0 Å². The molecule has 0 unspecified atom stereocenters. The Morgan fingerprint density at radius 3 is 3.00 bits per heavy atom. The van der Waals surface area contributed by atoms with E-state index in [1.54, 1.807) is 0 Å². The summed E-state index contributed by atoms with van der Waals surface area (Å²) in [5, 5.41) is 0. The molecule has 1 aromatic carbocycles. The first kappa shape index (κ1) is 6.99. The summed E-state index contributed by atoms with van der Waals surface area (Å²) in [4.78, 5) is 1.43. The van der Waals surface area contributed by atoms with Crippen LogP contribution in [0.5, 0.6) is 0 Å². The van der Waals surface area contributed by atoms with Crippen LogP contribution < -0.4 is 0 Å². The van der Waals surface area contributed by atoms with Crippen molar-refractivity contribution in [2.45, 2.75) is 11.3 Å². The fourth-order valence-electron chi connectivity index (χ4n) is 1.29. The van der Waals surface area contributed by atoms with E-state index in [1.165, 1.54) is 16.0 Å². The monoisotopic (exact) mass is 162 g/mol. The largest absolute Gasteiger partial charge is 0.121 e. The van der Waals surface area contributed by atoms with E-state index in [9.17, 15) is 0 Å². The van der Waals surface area contributed by atoms with Gasteiger partial charge in [0.25, 0.3) is 0 Å². The number of thioether (sulfide) groups is 1. The lowest BCUT2D eigenvalue weighted by atomic mass is 10.1. The highest BCUT2D eigenvalue weighted by Crippen LogP contribution is 2.31. The molecule has 0 amide bonds. The first-order valence-corrected chi connectivity index (χ1v) is 4.72. The van der Waals surface area contributed by atoms with Crippen LogP contribution in [-0.2, 0) is 6.42 Å². The molecule has 2 rings (SSSR count). The molecule has 0 N–H and O–H groups in total. The molecule has 0 fully saturated rings. The van der Waals surface area contributed by atoms with Crippen molar-refractivity contribution in [1.82, 2.24) is 0 Å². The van der Waals surface area contributed by atoms with Crippen LogP contribution in [0, 0.1) is 0 Å². The molecular weight excluding hydrogens is 152 g/mol. The molecule has 11 heavy (non-hydrogen) atoms. The van der Waals surface area contributed by atoms with E-state index in [2.05, 4.69) is 30.8 Å². The van der Waals surface area contributed by atoms with Gasteiger partial charge in [-0.3, -0.25) is 0 Å². The predicted octanol–water partition coefficient (Wildman–Crippen LogP) is 2.89. The Morgan fingerprint density at radius 2 is 2.09 bits per heavy atom. The molecule has 1 aromatic rings. The van der Waals surface area contributed by atoms with Crippen LogP contribution in [0.15, 0.2) is 41.3 Å². The van der Waals surface area contributed by atoms with E-state index in [4.69, 9.17) is 0 Å². The first-order valence-electron chi connectivity index (χ1n) is 3.73. The number of fused-ring (bicyclic) bond motifs is 1. The van der Waals surface area contributed by atoms with Gasteiger partial charge in [0.2, 0.25) is 0 Å². The van der Waals surface area contributed by atoms with E-state index in [0.717, 1.165) is 12.2 Å². The number of hydrogen-bond acceptors (Lipinski definition) is 1. The second-order valence-corrected chi connectivity index (χ2v) is 3.84. The number of rotatable bonds is 0. The highest BCUT2D eigenvalue weighted by atomic mass is 32.2. The third-order valence-corrected chi connectivity index (χ3v) is 3.11. The zero-order chi connectivity index (χ0) is 7.68. The lowest BCUT2D eigenvalue weighted by Gasteiger charge is -2.16. The van der Waals surface area contributed by atoms with Gasteiger partial charge in [0.15, 0.2) is 0 Å². The fraction of sp³-hybridized carbons (Fsp3) is 0.200. The van der Waals surface area contributed by atoms with Gasteiger partial charge in [-0.1, -0.05) is 30.4 Å². The molecule has 0 saturated heterocycles. The summed E-state index contributed by atoms with van der Waals surface area (Å²) in [6.07, 6.45) is 1.07. The zero-order valence-corrected chi connectivity index (χ0v) is 7.16. The quantitative estimate of drug-likeness (QED) is 0.528. The van der Waals surface area contributed by atoms with Crippen molar-refractivity contribution >= 4 is 11.8 Å². The Morgan fingerprint density at radius 1 is 1.27 bits per heavy atom.